The lowest BCUT2D eigenvalue weighted by Crippen LogP contribution is -2.34. The van der Waals surface area contributed by atoms with Crippen molar-refractivity contribution in [3.63, 3.8) is 0 Å². The number of carbonyl (C=O) groups excluding carboxylic acids is 2. The van der Waals surface area contributed by atoms with E-state index in [1.165, 1.54) is 11.8 Å². The number of carboxylic acids is 1. The molecule has 8 heteroatoms. The molecule has 0 unspecified atom stereocenters. The smallest absolute Gasteiger partial charge is 0.319 e. The average molecular weight is 339 g/mol. The van der Waals surface area contributed by atoms with Crippen molar-refractivity contribution in [2.45, 2.75) is 25.2 Å². The first-order chi connectivity index (χ1) is 10.7. The number of primary amides is 1. The minimum atomic E-state index is -0.909. The van der Waals surface area contributed by atoms with E-state index in [-0.39, 0.29) is 12.3 Å². The number of benzene rings is 1. The van der Waals surface area contributed by atoms with Crippen LogP contribution in [0.1, 0.15) is 20.3 Å². The first-order valence-electron chi connectivity index (χ1n) is 7.01. The van der Waals surface area contributed by atoms with Crippen LogP contribution in [0.15, 0.2) is 29.2 Å². The summed E-state index contributed by atoms with van der Waals surface area (Å²) in [5.41, 5.74) is 4.78. The van der Waals surface area contributed by atoms with Gasteiger partial charge in [-0.2, -0.15) is 0 Å². The first-order valence-corrected chi connectivity index (χ1v) is 7.99. The van der Waals surface area contributed by atoms with Crippen LogP contribution in [0.2, 0.25) is 0 Å². The van der Waals surface area contributed by atoms with Gasteiger partial charge in [0.05, 0.1) is 16.9 Å². The summed E-state index contributed by atoms with van der Waals surface area (Å²) in [6, 6.07) is 6.61. The molecule has 1 rings (SSSR count). The number of nitrogens with two attached hydrogens (primary N) is 1. The Morgan fingerprint density at radius 2 is 1.91 bits per heavy atom. The van der Waals surface area contributed by atoms with E-state index in [0.29, 0.717) is 12.1 Å². The summed E-state index contributed by atoms with van der Waals surface area (Å²) in [4.78, 5) is 34.5. The molecule has 7 nitrogen and oxygen atoms in total. The molecule has 0 bridgehead atoms. The molecule has 3 amide bonds. The standard InChI is InChI=1S/C15H21N3O4S/c1-15(2,13(20)21)7-8-17-14(22)18-10-5-3-4-6-11(10)23-9-12(16)19/h3-6H,7-9H2,1-2H3,(H2,16,19)(H,20,21)(H2,17,18,22). The third-order valence-electron chi connectivity index (χ3n) is 3.12. The number of thioether (sulfide) groups is 1. The summed E-state index contributed by atoms with van der Waals surface area (Å²) >= 11 is 1.23. The predicted octanol–water partition coefficient (Wildman–Crippen LogP) is 1.89. The van der Waals surface area contributed by atoms with Crippen LogP contribution in [0.5, 0.6) is 0 Å². The zero-order chi connectivity index (χ0) is 17.5. The minimum absolute atomic E-state index is 0.118. The number of rotatable bonds is 8. The Hall–Kier alpha value is -2.22. The van der Waals surface area contributed by atoms with E-state index in [0.717, 1.165) is 4.90 Å². The molecule has 0 aliphatic rings. The number of nitrogens with one attached hydrogen (secondary N) is 2. The van der Waals surface area contributed by atoms with Crippen LogP contribution in [0, 0.1) is 5.41 Å². The highest BCUT2D eigenvalue weighted by molar-refractivity contribution is 8.00. The molecule has 1 aromatic rings. The molecule has 0 heterocycles. The molecule has 0 radical (unpaired) electrons. The quantitative estimate of drug-likeness (QED) is 0.539. The van der Waals surface area contributed by atoms with Gasteiger partial charge in [-0.3, -0.25) is 9.59 Å². The Morgan fingerprint density at radius 1 is 1.26 bits per heavy atom. The van der Waals surface area contributed by atoms with Crippen molar-refractivity contribution in [3.8, 4) is 0 Å². The Bertz CT molecular complexity index is 590. The summed E-state index contributed by atoms with van der Waals surface area (Å²) < 4.78 is 0. The molecule has 0 spiro atoms. The molecule has 0 saturated heterocycles. The van der Waals surface area contributed by atoms with E-state index in [9.17, 15) is 14.4 Å². The van der Waals surface area contributed by atoms with Crippen molar-refractivity contribution in [2.24, 2.45) is 11.1 Å². The summed E-state index contributed by atoms with van der Waals surface area (Å²) in [5.74, 6) is -1.23. The second-order valence-electron chi connectivity index (χ2n) is 5.57. The molecule has 126 valence electrons. The summed E-state index contributed by atoms with van der Waals surface area (Å²) in [7, 11) is 0. The van der Waals surface area contributed by atoms with Gasteiger partial charge in [-0.1, -0.05) is 12.1 Å². The van der Waals surface area contributed by atoms with E-state index in [1.807, 2.05) is 0 Å². The van der Waals surface area contributed by atoms with Gasteiger partial charge in [0.1, 0.15) is 0 Å². The molecule has 0 atom stereocenters. The number of anilines is 1. The second kappa shape index (κ2) is 8.42. The number of carboxylic acid groups (broad SMARTS) is 1. The Morgan fingerprint density at radius 3 is 2.52 bits per heavy atom. The fraction of sp³-hybridized carbons (Fsp3) is 0.400. The fourth-order valence-corrected chi connectivity index (χ4v) is 2.35. The average Bonchev–Trinajstić information content (AvgIpc) is 2.45. The molecule has 5 N–H and O–H groups in total. The lowest BCUT2D eigenvalue weighted by Gasteiger charge is -2.19. The zero-order valence-electron chi connectivity index (χ0n) is 13.1. The van der Waals surface area contributed by atoms with Gasteiger partial charge >= 0.3 is 12.0 Å². The van der Waals surface area contributed by atoms with Gasteiger partial charge in [-0.05, 0) is 32.4 Å². The third-order valence-corrected chi connectivity index (χ3v) is 4.22. The van der Waals surface area contributed by atoms with Crippen LogP contribution < -0.4 is 16.4 Å². The van der Waals surface area contributed by atoms with Crippen molar-refractivity contribution in [1.29, 1.82) is 0 Å². The normalized spacial score (nSPS) is 10.9. The molecule has 0 fully saturated rings. The second-order valence-corrected chi connectivity index (χ2v) is 6.59. The number of amides is 3. The predicted molar refractivity (Wildman–Crippen MR) is 89.4 cm³/mol. The maximum absolute atomic E-state index is 11.9. The fourth-order valence-electron chi connectivity index (χ4n) is 1.61. The lowest BCUT2D eigenvalue weighted by molar-refractivity contribution is -0.147. The van der Waals surface area contributed by atoms with Gasteiger partial charge in [0.25, 0.3) is 0 Å². The van der Waals surface area contributed by atoms with E-state index in [4.69, 9.17) is 10.8 Å². The van der Waals surface area contributed by atoms with Crippen molar-refractivity contribution in [2.75, 3.05) is 17.6 Å². The molecule has 0 saturated carbocycles. The van der Waals surface area contributed by atoms with Gasteiger partial charge in [-0.15, -0.1) is 11.8 Å². The first kappa shape index (κ1) is 18.8. The Labute approximate surface area is 139 Å². The third kappa shape index (κ3) is 6.60. The Kier molecular flexibility index (Phi) is 6.89. The number of urea groups is 1. The number of para-hydroxylation sites is 1. The molecule has 0 aromatic heterocycles. The number of hydrogen-bond donors (Lipinski definition) is 4. The van der Waals surface area contributed by atoms with E-state index in [2.05, 4.69) is 10.6 Å². The number of aliphatic carboxylic acids is 1. The monoisotopic (exact) mass is 339 g/mol. The van der Waals surface area contributed by atoms with Crippen LogP contribution in [0.3, 0.4) is 0 Å². The number of carbonyl (C=O) groups is 3. The van der Waals surface area contributed by atoms with E-state index >= 15 is 0 Å². The van der Waals surface area contributed by atoms with Gasteiger partial charge in [0.15, 0.2) is 0 Å². The molecular weight excluding hydrogens is 318 g/mol. The van der Waals surface area contributed by atoms with E-state index < -0.39 is 23.3 Å². The highest BCUT2D eigenvalue weighted by atomic mass is 32.2. The van der Waals surface area contributed by atoms with Crippen LogP contribution in [-0.2, 0) is 9.59 Å². The van der Waals surface area contributed by atoms with Crippen molar-refractivity contribution in [3.05, 3.63) is 24.3 Å². The van der Waals surface area contributed by atoms with Crippen molar-refractivity contribution in [1.82, 2.24) is 5.32 Å². The highest BCUT2D eigenvalue weighted by Crippen LogP contribution is 2.26. The molecule has 1 aromatic carbocycles. The summed E-state index contributed by atoms with van der Waals surface area (Å²) in [6.07, 6.45) is 0.313. The van der Waals surface area contributed by atoms with Gasteiger partial charge in [0, 0.05) is 11.4 Å². The summed E-state index contributed by atoms with van der Waals surface area (Å²) in [5, 5.41) is 14.3. The maximum atomic E-state index is 11.9. The largest absolute Gasteiger partial charge is 0.481 e. The topological polar surface area (TPSA) is 122 Å². The zero-order valence-corrected chi connectivity index (χ0v) is 13.9. The molecular formula is C15H21N3O4S. The highest BCUT2D eigenvalue weighted by Gasteiger charge is 2.26. The van der Waals surface area contributed by atoms with Gasteiger partial charge in [0.2, 0.25) is 5.91 Å². The van der Waals surface area contributed by atoms with Crippen molar-refractivity contribution >= 4 is 35.4 Å². The van der Waals surface area contributed by atoms with Gasteiger partial charge < -0.3 is 21.5 Å². The SMILES string of the molecule is CC(C)(CCNC(=O)Nc1ccccc1SCC(N)=O)C(=O)O. The lowest BCUT2D eigenvalue weighted by atomic mass is 9.90. The van der Waals surface area contributed by atoms with Crippen molar-refractivity contribution < 1.29 is 19.5 Å². The van der Waals surface area contributed by atoms with Crippen LogP contribution >= 0.6 is 11.8 Å². The molecule has 0 aliphatic heterocycles. The maximum Gasteiger partial charge on any atom is 0.319 e. The van der Waals surface area contributed by atoms with E-state index in [1.54, 1.807) is 38.1 Å². The van der Waals surface area contributed by atoms with Crippen LogP contribution in [-0.4, -0.2) is 35.3 Å². The molecule has 0 aliphatic carbocycles. The van der Waals surface area contributed by atoms with Gasteiger partial charge in [-0.25, -0.2) is 4.79 Å². The summed E-state index contributed by atoms with van der Waals surface area (Å²) in [6.45, 7) is 3.44. The Balaban J connectivity index is 2.54. The minimum Gasteiger partial charge on any atom is -0.481 e. The van der Waals surface area contributed by atoms with Crippen LogP contribution in [0.4, 0.5) is 10.5 Å². The number of hydrogen-bond acceptors (Lipinski definition) is 4. The van der Waals surface area contributed by atoms with Crippen LogP contribution in [0.25, 0.3) is 0 Å². The molecule has 23 heavy (non-hydrogen) atoms.